The van der Waals surface area contributed by atoms with Crippen molar-refractivity contribution in [2.75, 3.05) is 0 Å². The van der Waals surface area contributed by atoms with Gasteiger partial charge in [0.1, 0.15) is 5.82 Å². The van der Waals surface area contributed by atoms with Crippen LogP contribution in [0.25, 0.3) is 0 Å². The zero-order chi connectivity index (χ0) is 17.1. The van der Waals surface area contributed by atoms with E-state index in [9.17, 15) is 4.79 Å². The summed E-state index contributed by atoms with van der Waals surface area (Å²) < 4.78 is 2.13. The van der Waals surface area contributed by atoms with Gasteiger partial charge in [0, 0.05) is 24.0 Å². The third kappa shape index (κ3) is 4.11. The Hall–Kier alpha value is -1.53. The first-order chi connectivity index (χ1) is 11.6. The first-order valence-corrected chi connectivity index (χ1v) is 9.46. The highest BCUT2D eigenvalue weighted by Gasteiger charge is 2.30. The number of halogens is 1. The Balaban J connectivity index is 1.57. The van der Waals surface area contributed by atoms with Crippen molar-refractivity contribution in [3.63, 3.8) is 0 Å². The Morgan fingerprint density at radius 2 is 2.08 bits per heavy atom. The van der Waals surface area contributed by atoms with Crippen molar-refractivity contribution in [1.82, 2.24) is 20.1 Å². The van der Waals surface area contributed by atoms with Gasteiger partial charge in [0.2, 0.25) is 5.91 Å². The number of benzene rings is 1. The number of thioether (sulfide) groups is 1. The summed E-state index contributed by atoms with van der Waals surface area (Å²) in [6.07, 6.45) is 2.39. The largest absolute Gasteiger partial charge is 0.351 e. The quantitative estimate of drug-likeness (QED) is 0.762. The second-order valence-corrected chi connectivity index (χ2v) is 7.71. The van der Waals surface area contributed by atoms with Gasteiger partial charge in [-0.2, -0.15) is 0 Å². The summed E-state index contributed by atoms with van der Waals surface area (Å²) in [6.45, 7) is 5.31. The lowest BCUT2D eigenvalue weighted by atomic mass is 10.2. The molecule has 1 amide bonds. The molecule has 1 heterocycles. The van der Waals surface area contributed by atoms with E-state index in [-0.39, 0.29) is 11.2 Å². The molecule has 128 valence electrons. The molecule has 0 spiro atoms. The molecule has 2 aromatic rings. The predicted molar refractivity (Wildman–Crippen MR) is 96.3 cm³/mol. The molecular weight excluding hydrogens is 344 g/mol. The molecule has 1 fully saturated rings. The van der Waals surface area contributed by atoms with Gasteiger partial charge in [-0.05, 0) is 44.4 Å². The lowest BCUT2D eigenvalue weighted by molar-refractivity contribution is -0.120. The molecule has 3 rings (SSSR count). The standard InChI is InChI=1S/C17H21ClN4OS/c1-3-22-15(13-6-7-13)20-21-17(22)24-11(2)16(23)19-10-12-4-8-14(18)9-5-12/h4-5,8-9,11,13H,3,6-7,10H2,1-2H3,(H,19,23)/t11-/m0/s1. The van der Waals surface area contributed by atoms with Crippen LogP contribution in [0.1, 0.15) is 44.0 Å². The Labute approximate surface area is 151 Å². The molecule has 1 atom stereocenters. The fourth-order valence-corrected chi connectivity index (χ4v) is 3.55. The van der Waals surface area contributed by atoms with E-state index in [0.29, 0.717) is 17.5 Å². The zero-order valence-corrected chi connectivity index (χ0v) is 15.4. The SMILES string of the molecule is CCn1c(S[C@@H](C)C(=O)NCc2ccc(Cl)cc2)nnc1C1CC1. The molecular formula is C17H21ClN4OS. The Morgan fingerprint density at radius 3 is 2.71 bits per heavy atom. The van der Waals surface area contributed by atoms with Crippen LogP contribution in [0.5, 0.6) is 0 Å². The zero-order valence-electron chi connectivity index (χ0n) is 13.8. The van der Waals surface area contributed by atoms with E-state index in [1.54, 1.807) is 0 Å². The van der Waals surface area contributed by atoms with Crippen LogP contribution in [-0.2, 0) is 17.9 Å². The Morgan fingerprint density at radius 1 is 1.38 bits per heavy atom. The molecule has 24 heavy (non-hydrogen) atoms. The molecule has 1 aromatic heterocycles. The maximum atomic E-state index is 12.3. The molecule has 0 aliphatic heterocycles. The topological polar surface area (TPSA) is 59.8 Å². The van der Waals surface area contributed by atoms with E-state index < -0.39 is 0 Å². The van der Waals surface area contributed by atoms with Crippen LogP contribution in [0.15, 0.2) is 29.4 Å². The molecule has 0 saturated heterocycles. The fraction of sp³-hybridized carbons (Fsp3) is 0.471. The van der Waals surface area contributed by atoms with Gasteiger partial charge in [-0.1, -0.05) is 35.5 Å². The summed E-state index contributed by atoms with van der Waals surface area (Å²) in [7, 11) is 0. The molecule has 0 bridgehead atoms. The number of nitrogens with zero attached hydrogens (tertiary/aromatic N) is 3. The minimum Gasteiger partial charge on any atom is -0.351 e. The fourth-order valence-electron chi connectivity index (χ4n) is 2.47. The predicted octanol–water partition coefficient (Wildman–Crippen LogP) is 3.63. The molecule has 1 aliphatic carbocycles. The van der Waals surface area contributed by atoms with E-state index in [1.807, 2.05) is 31.2 Å². The lowest BCUT2D eigenvalue weighted by Gasteiger charge is -2.12. The summed E-state index contributed by atoms with van der Waals surface area (Å²) >= 11 is 7.33. The van der Waals surface area contributed by atoms with Crippen molar-refractivity contribution >= 4 is 29.3 Å². The number of hydrogen-bond donors (Lipinski definition) is 1. The van der Waals surface area contributed by atoms with Crippen LogP contribution >= 0.6 is 23.4 Å². The van der Waals surface area contributed by atoms with Crippen molar-refractivity contribution in [2.24, 2.45) is 0 Å². The van der Waals surface area contributed by atoms with Crippen LogP contribution in [0.4, 0.5) is 0 Å². The molecule has 0 radical (unpaired) electrons. The van der Waals surface area contributed by atoms with Gasteiger partial charge < -0.3 is 9.88 Å². The van der Waals surface area contributed by atoms with Crippen LogP contribution < -0.4 is 5.32 Å². The van der Waals surface area contributed by atoms with Crippen molar-refractivity contribution in [3.8, 4) is 0 Å². The van der Waals surface area contributed by atoms with Crippen LogP contribution in [0.3, 0.4) is 0 Å². The van der Waals surface area contributed by atoms with Crippen LogP contribution in [0, 0.1) is 0 Å². The molecule has 0 unspecified atom stereocenters. The monoisotopic (exact) mass is 364 g/mol. The number of carbonyl (C=O) groups excluding carboxylic acids is 1. The second kappa shape index (κ2) is 7.57. The summed E-state index contributed by atoms with van der Waals surface area (Å²) in [4.78, 5) is 12.3. The van der Waals surface area contributed by atoms with E-state index in [2.05, 4.69) is 27.0 Å². The summed E-state index contributed by atoms with van der Waals surface area (Å²) in [6, 6.07) is 7.47. The highest BCUT2D eigenvalue weighted by Crippen LogP contribution is 2.40. The van der Waals surface area contributed by atoms with Crippen LogP contribution in [-0.4, -0.2) is 25.9 Å². The van der Waals surface area contributed by atoms with Gasteiger partial charge in [0.15, 0.2) is 5.16 Å². The van der Waals surface area contributed by atoms with Gasteiger partial charge >= 0.3 is 0 Å². The van der Waals surface area contributed by atoms with Gasteiger partial charge in [-0.15, -0.1) is 10.2 Å². The number of rotatable bonds is 7. The average molecular weight is 365 g/mol. The lowest BCUT2D eigenvalue weighted by Crippen LogP contribution is -2.30. The number of aromatic nitrogens is 3. The van der Waals surface area contributed by atoms with Gasteiger partial charge in [-0.25, -0.2) is 0 Å². The number of amides is 1. The summed E-state index contributed by atoms with van der Waals surface area (Å²) in [5.74, 6) is 1.61. The Bertz CT molecular complexity index is 712. The van der Waals surface area contributed by atoms with Gasteiger partial charge in [0.05, 0.1) is 5.25 Å². The first kappa shape index (κ1) is 17.3. The minimum atomic E-state index is -0.223. The number of hydrogen-bond acceptors (Lipinski definition) is 4. The van der Waals surface area contributed by atoms with Crippen molar-refractivity contribution in [3.05, 3.63) is 40.7 Å². The minimum absolute atomic E-state index is 0.00595. The van der Waals surface area contributed by atoms with Gasteiger partial charge in [-0.3, -0.25) is 4.79 Å². The van der Waals surface area contributed by atoms with Crippen molar-refractivity contribution in [1.29, 1.82) is 0 Å². The van der Waals surface area contributed by atoms with E-state index in [1.165, 1.54) is 24.6 Å². The summed E-state index contributed by atoms with van der Waals surface area (Å²) in [5, 5.41) is 12.8. The average Bonchev–Trinajstić information content (AvgIpc) is 3.35. The van der Waals surface area contributed by atoms with Crippen molar-refractivity contribution < 1.29 is 4.79 Å². The molecule has 1 saturated carbocycles. The third-order valence-electron chi connectivity index (χ3n) is 4.04. The van der Waals surface area contributed by atoms with Crippen LogP contribution in [0.2, 0.25) is 5.02 Å². The maximum absolute atomic E-state index is 12.3. The number of nitrogens with one attached hydrogen (secondary N) is 1. The molecule has 1 aromatic carbocycles. The van der Waals surface area contributed by atoms with E-state index in [0.717, 1.165) is 23.1 Å². The highest BCUT2D eigenvalue weighted by molar-refractivity contribution is 8.00. The van der Waals surface area contributed by atoms with Crippen molar-refractivity contribution in [2.45, 2.75) is 56.1 Å². The van der Waals surface area contributed by atoms with E-state index >= 15 is 0 Å². The third-order valence-corrected chi connectivity index (χ3v) is 5.37. The molecule has 5 nitrogen and oxygen atoms in total. The summed E-state index contributed by atoms with van der Waals surface area (Å²) in [5.41, 5.74) is 1.03. The molecule has 1 N–H and O–H groups in total. The Kier molecular flexibility index (Phi) is 5.46. The number of carbonyl (C=O) groups is 1. The first-order valence-electron chi connectivity index (χ1n) is 8.20. The molecule has 7 heteroatoms. The van der Waals surface area contributed by atoms with Gasteiger partial charge in [0.25, 0.3) is 0 Å². The maximum Gasteiger partial charge on any atom is 0.233 e. The smallest absolute Gasteiger partial charge is 0.233 e. The normalized spacial score (nSPS) is 15.3. The molecule has 1 aliphatic rings. The highest BCUT2D eigenvalue weighted by atomic mass is 35.5. The van der Waals surface area contributed by atoms with E-state index in [4.69, 9.17) is 11.6 Å². The second-order valence-electron chi connectivity index (χ2n) is 5.96.